The molecule has 0 aromatic carbocycles. The first-order valence-electron chi connectivity index (χ1n) is 8.05. The van der Waals surface area contributed by atoms with Gasteiger partial charge in [-0.2, -0.15) is 0 Å². The van der Waals surface area contributed by atoms with Crippen molar-refractivity contribution in [3.05, 3.63) is 11.0 Å². The van der Waals surface area contributed by atoms with Gasteiger partial charge in [0.25, 0.3) is 0 Å². The predicted octanol–water partition coefficient (Wildman–Crippen LogP) is -1.52. The van der Waals surface area contributed by atoms with E-state index in [1.54, 1.807) is 0 Å². The highest BCUT2D eigenvalue weighted by atomic mass is 32.1. The molecule has 0 aliphatic carbocycles. The zero-order chi connectivity index (χ0) is 19.4. The minimum absolute atomic E-state index is 0.243. The standard InChI is InChI=1S/C16H18N6O4S/c17-5-3-1-2-4-6-18-16-20-13-10(14(27)21-16)19-8-22(13)15-12(25)11(24)9(7-23)26-15/h8-9,11-12,15,23-25H,5-7,17H2,(H2,18,20,21,27)/t9-,11+,12?,15-/m1/s1. The molecule has 1 saturated heterocycles. The molecular formula is C16H18N6O4S. The number of imidazole rings is 1. The van der Waals surface area contributed by atoms with E-state index in [1.165, 1.54) is 10.9 Å². The molecule has 0 amide bonds. The van der Waals surface area contributed by atoms with Gasteiger partial charge in [0.1, 0.15) is 29.5 Å². The topological polar surface area (TPSA) is 154 Å². The zero-order valence-electron chi connectivity index (χ0n) is 14.1. The molecule has 1 fully saturated rings. The van der Waals surface area contributed by atoms with E-state index >= 15 is 0 Å². The Morgan fingerprint density at radius 1 is 1.33 bits per heavy atom. The van der Waals surface area contributed by atoms with Gasteiger partial charge in [-0.25, -0.2) is 9.97 Å². The maximum Gasteiger partial charge on any atom is 0.203 e. The van der Waals surface area contributed by atoms with Gasteiger partial charge in [0.05, 0.1) is 26.0 Å². The summed E-state index contributed by atoms with van der Waals surface area (Å²) in [6.45, 7) is 0.0980. The number of anilines is 1. The van der Waals surface area contributed by atoms with Crippen molar-refractivity contribution in [3.8, 4) is 23.7 Å². The van der Waals surface area contributed by atoms with Crippen LogP contribution in [0.5, 0.6) is 0 Å². The summed E-state index contributed by atoms with van der Waals surface area (Å²) in [7, 11) is 0. The highest BCUT2D eigenvalue weighted by molar-refractivity contribution is 7.71. The molecule has 0 saturated carbocycles. The van der Waals surface area contributed by atoms with Crippen LogP contribution in [0.3, 0.4) is 0 Å². The lowest BCUT2D eigenvalue weighted by molar-refractivity contribution is -0.0511. The quantitative estimate of drug-likeness (QED) is 0.270. The molecule has 10 nitrogen and oxygen atoms in total. The van der Waals surface area contributed by atoms with E-state index in [0.717, 1.165) is 0 Å². The van der Waals surface area contributed by atoms with Crippen molar-refractivity contribution in [1.29, 1.82) is 0 Å². The minimum Gasteiger partial charge on any atom is -0.394 e. The summed E-state index contributed by atoms with van der Waals surface area (Å²) in [5.41, 5.74) is 6.10. The van der Waals surface area contributed by atoms with E-state index in [2.05, 4.69) is 44.0 Å². The number of nitrogens with zero attached hydrogens (tertiary/aromatic N) is 3. The lowest BCUT2D eigenvalue weighted by Gasteiger charge is -2.17. The molecule has 142 valence electrons. The number of aromatic amines is 1. The SMILES string of the molecule is NCC#CC#CCNc1nc(=S)c2ncn([C@@H]3O[C@H](CO)[C@H](O)C3O)c2[nH]1. The Balaban J connectivity index is 1.87. The van der Waals surface area contributed by atoms with Crippen molar-refractivity contribution in [2.45, 2.75) is 24.5 Å². The Bertz CT molecular complexity index is 997. The van der Waals surface area contributed by atoms with Crippen molar-refractivity contribution in [2.24, 2.45) is 5.73 Å². The van der Waals surface area contributed by atoms with E-state index in [0.29, 0.717) is 17.1 Å². The average molecular weight is 390 g/mol. The van der Waals surface area contributed by atoms with E-state index in [-0.39, 0.29) is 17.7 Å². The van der Waals surface area contributed by atoms with Crippen molar-refractivity contribution < 1.29 is 20.1 Å². The fourth-order valence-corrected chi connectivity index (χ4v) is 2.87. The van der Waals surface area contributed by atoms with Crippen molar-refractivity contribution >= 4 is 29.3 Å². The van der Waals surface area contributed by atoms with Crippen LogP contribution in [0.2, 0.25) is 0 Å². The second kappa shape index (κ2) is 8.45. The number of H-pyrrole nitrogens is 1. The zero-order valence-corrected chi connectivity index (χ0v) is 14.9. The molecule has 0 bridgehead atoms. The molecule has 1 unspecified atom stereocenters. The van der Waals surface area contributed by atoms with Crippen molar-refractivity contribution in [3.63, 3.8) is 0 Å². The maximum atomic E-state index is 10.2. The predicted molar refractivity (Wildman–Crippen MR) is 98.8 cm³/mol. The molecule has 11 heteroatoms. The van der Waals surface area contributed by atoms with Crippen molar-refractivity contribution in [1.82, 2.24) is 19.5 Å². The molecular weight excluding hydrogens is 372 g/mol. The number of ether oxygens (including phenoxy) is 1. The summed E-state index contributed by atoms with van der Waals surface area (Å²) in [5, 5.41) is 32.4. The van der Waals surface area contributed by atoms with Crippen LogP contribution in [-0.2, 0) is 4.74 Å². The maximum absolute atomic E-state index is 10.2. The van der Waals surface area contributed by atoms with Crippen LogP contribution in [-0.4, -0.2) is 72.8 Å². The van der Waals surface area contributed by atoms with E-state index < -0.39 is 31.1 Å². The second-order valence-corrected chi connectivity index (χ2v) is 6.02. The Morgan fingerprint density at radius 3 is 2.81 bits per heavy atom. The van der Waals surface area contributed by atoms with Crippen LogP contribution in [0.4, 0.5) is 5.95 Å². The first-order chi connectivity index (χ1) is 13.1. The number of hydrogen-bond donors (Lipinski definition) is 6. The third-order valence-corrected chi connectivity index (χ3v) is 4.21. The van der Waals surface area contributed by atoms with Crippen LogP contribution >= 0.6 is 12.2 Å². The molecule has 1 aliphatic rings. The van der Waals surface area contributed by atoms with Gasteiger partial charge in [0, 0.05) is 0 Å². The van der Waals surface area contributed by atoms with Gasteiger partial charge < -0.3 is 36.1 Å². The highest BCUT2D eigenvalue weighted by Gasteiger charge is 2.43. The number of aliphatic hydroxyl groups excluding tert-OH is 3. The number of nitrogens with two attached hydrogens (primary N) is 1. The summed E-state index contributed by atoms with van der Waals surface area (Å²) in [4.78, 5) is 11.4. The average Bonchev–Trinajstić information content (AvgIpc) is 3.20. The molecule has 3 heterocycles. The molecule has 3 rings (SSSR count). The van der Waals surface area contributed by atoms with Crippen LogP contribution in [0.25, 0.3) is 11.2 Å². The lowest BCUT2D eigenvalue weighted by Crippen LogP contribution is -2.33. The number of fused-ring (bicyclic) bond motifs is 1. The molecule has 0 radical (unpaired) electrons. The smallest absolute Gasteiger partial charge is 0.203 e. The summed E-state index contributed by atoms with van der Waals surface area (Å²) in [5.74, 6) is 11.0. The Labute approximate surface area is 159 Å². The third-order valence-electron chi connectivity index (χ3n) is 3.92. The first kappa shape index (κ1) is 19.3. The van der Waals surface area contributed by atoms with Crippen molar-refractivity contribution in [2.75, 3.05) is 25.0 Å². The summed E-state index contributed by atoms with van der Waals surface area (Å²) < 4.78 is 7.28. The second-order valence-electron chi connectivity index (χ2n) is 5.63. The van der Waals surface area contributed by atoms with Gasteiger partial charge >= 0.3 is 0 Å². The summed E-state index contributed by atoms with van der Waals surface area (Å²) in [6, 6.07) is 0. The fourth-order valence-electron chi connectivity index (χ4n) is 2.63. The number of aromatic nitrogens is 4. The largest absolute Gasteiger partial charge is 0.394 e. The summed E-state index contributed by atoms with van der Waals surface area (Å²) in [6.07, 6.45) is -2.86. The molecule has 7 N–H and O–H groups in total. The lowest BCUT2D eigenvalue weighted by atomic mass is 10.1. The summed E-state index contributed by atoms with van der Waals surface area (Å²) >= 11 is 5.25. The number of nitrogens with one attached hydrogen (secondary N) is 2. The first-order valence-corrected chi connectivity index (χ1v) is 8.46. The highest BCUT2D eigenvalue weighted by Crippen LogP contribution is 2.31. The van der Waals surface area contributed by atoms with E-state index in [9.17, 15) is 15.3 Å². The van der Waals surface area contributed by atoms with Gasteiger partial charge in [-0.1, -0.05) is 24.1 Å². The molecule has 2 aromatic rings. The normalized spacial score (nSPS) is 24.1. The molecule has 4 atom stereocenters. The number of rotatable bonds is 4. The number of aliphatic hydroxyl groups is 3. The van der Waals surface area contributed by atoms with Gasteiger partial charge in [-0.15, -0.1) is 0 Å². The van der Waals surface area contributed by atoms with E-state index in [4.69, 9.17) is 22.7 Å². The fraction of sp³-hybridized carbons (Fsp3) is 0.438. The van der Waals surface area contributed by atoms with Crippen LogP contribution < -0.4 is 11.1 Å². The molecule has 27 heavy (non-hydrogen) atoms. The van der Waals surface area contributed by atoms with Gasteiger partial charge in [-0.05, 0) is 11.8 Å². The Hall–Kier alpha value is -2.51. The van der Waals surface area contributed by atoms with E-state index in [1.807, 2.05) is 0 Å². The van der Waals surface area contributed by atoms with Gasteiger partial charge in [0.15, 0.2) is 10.9 Å². The van der Waals surface area contributed by atoms with Crippen LogP contribution in [0, 0.1) is 28.3 Å². The monoisotopic (exact) mass is 390 g/mol. The minimum atomic E-state index is -1.24. The van der Waals surface area contributed by atoms with Gasteiger partial charge in [0.2, 0.25) is 5.95 Å². The molecule has 0 spiro atoms. The van der Waals surface area contributed by atoms with Crippen LogP contribution in [0.15, 0.2) is 6.33 Å². The van der Waals surface area contributed by atoms with Gasteiger partial charge in [-0.3, -0.25) is 4.57 Å². The number of hydrogen-bond acceptors (Lipinski definition) is 9. The molecule has 2 aromatic heterocycles. The third kappa shape index (κ3) is 3.94. The molecule has 1 aliphatic heterocycles. The Kier molecular flexibility index (Phi) is 6.03. The Morgan fingerprint density at radius 2 is 2.11 bits per heavy atom. The van der Waals surface area contributed by atoms with Crippen LogP contribution in [0.1, 0.15) is 6.23 Å².